The molecule has 3 heterocycles. The van der Waals surface area contributed by atoms with E-state index in [4.69, 9.17) is 0 Å². The molecule has 8 nitrogen and oxygen atoms in total. The second-order valence-corrected chi connectivity index (χ2v) is 9.30. The van der Waals surface area contributed by atoms with Crippen LogP contribution in [0.5, 0.6) is 0 Å². The number of piperidine rings is 1. The standard InChI is InChI=1S/C27H34N6O2/c1-19-9-7-13-25(29-19)30-27(35)23-12-8-14-32(17-23)18-26(34)28-15-24-20(2)31-33(21(24)3)16-22-10-5-4-6-11-22/h4-7,9-11,13,23H,8,12,14-18H2,1-3H3,(H,28,34)(H,29,30,35). The van der Waals surface area contributed by atoms with Gasteiger partial charge in [0, 0.05) is 30.0 Å². The van der Waals surface area contributed by atoms with Crippen LogP contribution in [0.2, 0.25) is 0 Å². The van der Waals surface area contributed by atoms with Crippen molar-refractivity contribution in [2.45, 2.75) is 46.7 Å². The smallest absolute Gasteiger partial charge is 0.234 e. The maximum Gasteiger partial charge on any atom is 0.234 e. The number of likely N-dealkylation sites (tertiary alicyclic amines) is 1. The van der Waals surface area contributed by atoms with Crippen molar-refractivity contribution in [1.82, 2.24) is 25.0 Å². The summed E-state index contributed by atoms with van der Waals surface area (Å²) >= 11 is 0. The van der Waals surface area contributed by atoms with Crippen LogP contribution >= 0.6 is 0 Å². The normalized spacial score (nSPS) is 16.1. The highest BCUT2D eigenvalue weighted by Gasteiger charge is 2.27. The van der Waals surface area contributed by atoms with Crippen molar-refractivity contribution in [3.8, 4) is 0 Å². The number of benzene rings is 1. The number of aryl methyl sites for hydroxylation is 2. The van der Waals surface area contributed by atoms with E-state index < -0.39 is 0 Å². The van der Waals surface area contributed by atoms with Crippen LogP contribution in [0.3, 0.4) is 0 Å². The highest BCUT2D eigenvalue weighted by atomic mass is 16.2. The van der Waals surface area contributed by atoms with E-state index in [1.165, 1.54) is 5.56 Å². The van der Waals surface area contributed by atoms with Crippen LogP contribution in [-0.2, 0) is 22.7 Å². The molecule has 0 bridgehead atoms. The maximum absolute atomic E-state index is 12.7. The maximum atomic E-state index is 12.7. The van der Waals surface area contributed by atoms with Gasteiger partial charge in [-0.3, -0.25) is 19.2 Å². The van der Waals surface area contributed by atoms with Gasteiger partial charge in [0.15, 0.2) is 0 Å². The SMILES string of the molecule is Cc1cccc(NC(=O)C2CCCN(CC(=O)NCc3c(C)nn(Cc4ccccc4)c3C)C2)n1. The summed E-state index contributed by atoms with van der Waals surface area (Å²) in [5, 5.41) is 10.6. The van der Waals surface area contributed by atoms with E-state index in [-0.39, 0.29) is 24.3 Å². The molecule has 1 aliphatic heterocycles. The number of hydrogen-bond donors (Lipinski definition) is 2. The predicted molar refractivity (Wildman–Crippen MR) is 136 cm³/mol. The lowest BCUT2D eigenvalue weighted by Gasteiger charge is -2.31. The molecule has 0 radical (unpaired) electrons. The van der Waals surface area contributed by atoms with E-state index in [1.54, 1.807) is 6.07 Å². The minimum Gasteiger partial charge on any atom is -0.351 e. The molecule has 1 atom stereocenters. The fraction of sp³-hybridized carbons (Fsp3) is 0.407. The second-order valence-electron chi connectivity index (χ2n) is 9.30. The molecule has 35 heavy (non-hydrogen) atoms. The summed E-state index contributed by atoms with van der Waals surface area (Å²) in [4.78, 5) is 31.9. The van der Waals surface area contributed by atoms with Crippen LogP contribution in [0.1, 0.15) is 41.1 Å². The number of carbonyl (C=O) groups excluding carboxylic acids is 2. The minimum atomic E-state index is -0.153. The van der Waals surface area contributed by atoms with Crippen molar-refractivity contribution in [3.05, 3.63) is 76.7 Å². The predicted octanol–water partition coefficient (Wildman–Crippen LogP) is 3.22. The Morgan fingerprint density at radius 2 is 1.86 bits per heavy atom. The van der Waals surface area contributed by atoms with Crippen molar-refractivity contribution in [1.29, 1.82) is 0 Å². The monoisotopic (exact) mass is 474 g/mol. The first kappa shape index (κ1) is 24.6. The van der Waals surface area contributed by atoms with Crippen molar-refractivity contribution < 1.29 is 9.59 Å². The Balaban J connectivity index is 1.28. The van der Waals surface area contributed by atoms with Crippen LogP contribution in [-0.4, -0.2) is 51.1 Å². The number of nitrogens with zero attached hydrogens (tertiary/aromatic N) is 4. The van der Waals surface area contributed by atoms with Gasteiger partial charge in [-0.15, -0.1) is 0 Å². The zero-order valence-corrected chi connectivity index (χ0v) is 20.8. The van der Waals surface area contributed by atoms with Gasteiger partial charge in [0.2, 0.25) is 11.8 Å². The first-order chi connectivity index (χ1) is 16.9. The molecule has 1 fully saturated rings. The third-order valence-corrected chi connectivity index (χ3v) is 6.55. The zero-order valence-electron chi connectivity index (χ0n) is 20.8. The highest BCUT2D eigenvalue weighted by Crippen LogP contribution is 2.19. The van der Waals surface area contributed by atoms with Crippen molar-refractivity contribution in [2.75, 3.05) is 25.0 Å². The molecule has 1 aromatic carbocycles. The molecule has 1 aliphatic rings. The summed E-state index contributed by atoms with van der Waals surface area (Å²) in [7, 11) is 0. The van der Waals surface area contributed by atoms with Crippen molar-refractivity contribution in [2.24, 2.45) is 5.92 Å². The van der Waals surface area contributed by atoms with Crippen LogP contribution in [0.15, 0.2) is 48.5 Å². The average molecular weight is 475 g/mol. The Morgan fingerprint density at radius 1 is 1.06 bits per heavy atom. The molecule has 2 amide bonds. The van der Waals surface area contributed by atoms with E-state index >= 15 is 0 Å². The number of nitrogens with one attached hydrogen (secondary N) is 2. The van der Waals surface area contributed by atoms with Crippen LogP contribution < -0.4 is 10.6 Å². The summed E-state index contributed by atoms with van der Waals surface area (Å²) in [5.74, 6) is 0.342. The number of pyridine rings is 1. The minimum absolute atomic E-state index is 0.0368. The molecule has 184 valence electrons. The molecule has 1 unspecified atom stereocenters. The number of rotatable bonds is 8. The Kier molecular flexibility index (Phi) is 7.92. The third-order valence-electron chi connectivity index (χ3n) is 6.55. The summed E-state index contributed by atoms with van der Waals surface area (Å²) in [6.07, 6.45) is 1.70. The van der Waals surface area contributed by atoms with Gasteiger partial charge in [0.1, 0.15) is 5.82 Å². The van der Waals surface area contributed by atoms with Gasteiger partial charge in [-0.1, -0.05) is 36.4 Å². The Bertz CT molecular complexity index is 1170. The zero-order chi connectivity index (χ0) is 24.8. The first-order valence-electron chi connectivity index (χ1n) is 12.2. The van der Waals surface area contributed by atoms with E-state index in [1.807, 2.05) is 55.8 Å². The first-order valence-corrected chi connectivity index (χ1v) is 12.2. The summed E-state index contributed by atoms with van der Waals surface area (Å²) in [6.45, 7) is 8.73. The average Bonchev–Trinajstić information content (AvgIpc) is 3.10. The highest BCUT2D eigenvalue weighted by molar-refractivity contribution is 5.92. The molecule has 0 spiro atoms. The van der Waals surface area contributed by atoms with Gasteiger partial charge in [-0.25, -0.2) is 4.98 Å². The molecular weight excluding hydrogens is 440 g/mol. The summed E-state index contributed by atoms with van der Waals surface area (Å²) < 4.78 is 1.99. The van der Waals surface area contributed by atoms with Gasteiger partial charge in [-0.2, -0.15) is 5.10 Å². The molecule has 3 aromatic rings. The summed E-state index contributed by atoms with van der Waals surface area (Å²) in [5.41, 5.74) is 5.09. The number of carbonyl (C=O) groups is 2. The molecule has 1 saturated heterocycles. The number of aromatic nitrogens is 3. The lowest BCUT2D eigenvalue weighted by atomic mass is 9.97. The molecule has 2 N–H and O–H groups in total. The Labute approximate surface area is 206 Å². The van der Waals surface area contributed by atoms with Gasteiger partial charge in [0.25, 0.3) is 0 Å². The largest absolute Gasteiger partial charge is 0.351 e. The Morgan fingerprint density at radius 3 is 2.63 bits per heavy atom. The van der Waals surface area contributed by atoms with Crippen molar-refractivity contribution >= 4 is 17.6 Å². The fourth-order valence-corrected chi connectivity index (χ4v) is 4.60. The Hall–Kier alpha value is -3.52. The van der Waals surface area contributed by atoms with Crippen LogP contribution in [0, 0.1) is 26.7 Å². The van der Waals surface area contributed by atoms with E-state index in [2.05, 4.69) is 37.7 Å². The second kappa shape index (κ2) is 11.3. The molecule has 0 saturated carbocycles. The van der Waals surface area contributed by atoms with E-state index in [0.717, 1.165) is 42.0 Å². The number of anilines is 1. The molecule has 0 aliphatic carbocycles. The molecule has 4 rings (SSSR count). The van der Waals surface area contributed by atoms with E-state index in [0.29, 0.717) is 25.5 Å². The molecule has 2 aromatic heterocycles. The fourth-order valence-electron chi connectivity index (χ4n) is 4.60. The van der Waals surface area contributed by atoms with Crippen molar-refractivity contribution in [3.63, 3.8) is 0 Å². The van der Waals surface area contributed by atoms with Crippen LogP contribution in [0.25, 0.3) is 0 Å². The van der Waals surface area contributed by atoms with Gasteiger partial charge in [-0.05, 0) is 57.9 Å². The number of hydrogen-bond acceptors (Lipinski definition) is 5. The lowest BCUT2D eigenvalue weighted by Crippen LogP contribution is -2.45. The van der Waals surface area contributed by atoms with Gasteiger partial charge >= 0.3 is 0 Å². The quantitative estimate of drug-likeness (QED) is 0.523. The lowest BCUT2D eigenvalue weighted by molar-refractivity contribution is -0.125. The van der Waals surface area contributed by atoms with E-state index in [9.17, 15) is 9.59 Å². The van der Waals surface area contributed by atoms with Crippen LogP contribution in [0.4, 0.5) is 5.82 Å². The topological polar surface area (TPSA) is 92.2 Å². The number of amides is 2. The van der Waals surface area contributed by atoms with Gasteiger partial charge in [0.05, 0.1) is 24.7 Å². The third kappa shape index (κ3) is 6.54. The molecular formula is C27H34N6O2. The molecule has 8 heteroatoms. The van der Waals surface area contributed by atoms with Gasteiger partial charge < -0.3 is 10.6 Å². The summed E-state index contributed by atoms with van der Waals surface area (Å²) in [6, 6.07) is 15.8.